The van der Waals surface area contributed by atoms with Gasteiger partial charge in [0.15, 0.2) is 0 Å². The summed E-state index contributed by atoms with van der Waals surface area (Å²) in [5.41, 5.74) is 0.814. The maximum atomic E-state index is 13.9. The van der Waals surface area contributed by atoms with Gasteiger partial charge in [-0.15, -0.1) is 0 Å². The zero-order chi connectivity index (χ0) is 12.7. The minimum Gasteiger partial charge on any atom is -0.310 e. The lowest BCUT2D eigenvalue weighted by atomic mass is 9.88. The number of nitrogens with one attached hydrogen (secondary N) is 1. The Hall–Kier alpha value is -0.890. The molecule has 0 aliphatic rings. The predicted molar refractivity (Wildman–Crippen MR) is 71.5 cm³/mol. The number of hydrogen-bond acceptors (Lipinski definition) is 1. The molecule has 17 heavy (non-hydrogen) atoms. The van der Waals surface area contributed by atoms with E-state index in [-0.39, 0.29) is 11.9 Å². The third-order valence-corrected chi connectivity index (χ3v) is 3.37. The summed E-state index contributed by atoms with van der Waals surface area (Å²) in [5, 5.41) is 3.49. The lowest BCUT2D eigenvalue weighted by Gasteiger charge is -2.27. The van der Waals surface area contributed by atoms with Crippen molar-refractivity contribution in [2.24, 2.45) is 5.92 Å². The molecule has 0 aromatic heterocycles. The topological polar surface area (TPSA) is 12.0 Å². The van der Waals surface area contributed by atoms with E-state index in [2.05, 4.69) is 26.1 Å². The molecule has 0 heterocycles. The first-order valence-electron chi connectivity index (χ1n) is 6.72. The largest absolute Gasteiger partial charge is 0.310 e. The van der Waals surface area contributed by atoms with E-state index in [0.717, 1.165) is 31.4 Å². The molecule has 1 atom stereocenters. The van der Waals surface area contributed by atoms with Gasteiger partial charge in [0, 0.05) is 11.6 Å². The summed E-state index contributed by atoms with van der Waals surface area (Å²) in [4.78, 5) is 0. The lowest BCUT2D eigenvalue weighted by molar-refractivity contribution is 0.333. The van der Waals surface area contributed by atoms with Crippen LogP contribution in [0.25, 0.3) is 0 Å². The fourth-order valence-electron chi connectivity index (χ4n) is 2.32. The molecule has 1 aromatic carbocycles. The second-order valence-corrected chi connectivity index (χ2v) is 4.53. The van der Waals surface area contributed by atoms with Crippen molar-refractivity contribution in [1.82, 2.24) is 5.32 Å². The van der Waals surface area contributed by atoms with Crippen LogP contribution in [0.15, 0.2) is 24.3 Å². The zero-order valence-electron chi connectivity index (χ0n) is 11.2. The second kappa shape index (κ2) is 7.44. The van der Waals surface area contributed by atoms with Crippen molar-refractivity contribution in [2.75, 3.05) is 6.54 Å². The minimum absolute atomic E-state index is 0.0898. The van der Waals surface area contributed by atoms with E-state index in [0.29, 0.717) is 5.92 Å². The van der Waals surface area contributed by atoms with Crippen LogP contribution in [0.2, 0.25) is 0 Å². The van der Waals surface area contributed by atoms with Gasteiger partial charge in [0.1, 0.15) is 5.82 Å². The zero-order valence-corrected chi connectivity index (χ0v) is 11.2. The van der Waals surface area contributed by atoms with Crippen LogP contribution >= 0.6 is 0 Å². The summed E-state index contributed by atoms with van der Waals surface area (Å²) in [6.45, 7) is 7.43. The Morgan fingerprint density at radius 1 is 1.12 bits per heavy atom. The van der Waals surface area contributed by atoms with Crippen molar-refractivity contribution in [3.05, 3.63) is 35.6 Å². The molecule has 1 rings (SSSR count). The van der Waals surface area contributed by atoms with Crippen molar-refractivity contribution >= 4 is 0 Å². The highest BCUT2D eigenvalue weighted by molar-refractivity contribution is 5.22. The Bertz CT molecular complexity index is 320. The van der Waals surface area contributed by atoms with Crippen LogP contribution in [0.3, 0.4) is 0 Å². The van der Waals surface area contributed by atoms with Crippen molar-refractivity contribution in [3.8, 4) is 0 Å². The Balaban J connectivity index is 2.92. The van der Waals surface area contributed by atoms with Crippen LogP contribution in [-0.2, 0) is 0 Å². The Morgan fingerprint density at radius 2 is 1.76 bits per heavy atom. The fraction of sp³-hybridized carbons (Fsp3) is 0.600. The summed E-state index contributed by atoms with van der Waals surface area (Å²) in [7, 11) is 0. The van der Waals surface area contributed by atoms with Crippen molar-refractivity contribution in [1.29, 1.82) is 0 Å². The molecule has 0 aliphatic heterocycles. The smallest absolute Gasteiger partial charge is 0.127 e. The fourth-order valence-corrected chi connectivity index (χ4v) is 2.32. The molecule has 0 saturated carbocycles. The highest BCUT2D eigenvalue weighted by Gasteiger charge is 2.21. The lowest BCUT2D eigenvalue weighted by Crippen LogP contribution is -2.29. The first-order chi connectivity index (χ1) is 8.24. The van der Waals surface area contributed by atoms with E-state index >= 15 is 0 Å². The molecular formula is C15H24FN. The molecule has 0 aliphatic carbocycles. The average Bonchev–Trinajstić information content (AvgIpc) is 2.36. The molecule has 2 heteroatoms. The third-order valence-electron chi connectivity index (χ3n) is 3.37. The first-order valence-corrected chi connectivity index (χ1v) is 6.72. The van der Waals surface area contributed by atoms with E-state index in [1.807, 2.05) is 12.1 Å². The van der Waals surface area contributed by atoms with Crippen molar-refractivity contribution in [2.45, 2.75) is 46.1 Å². The van der Waals surface area contributed by atoms with Crippen molar-refractivity contribution < 1.29 is 4.39 Å². The van der Waals surface area contributed by atoms with Crippen LogP contribution in [0, 0.1) is 11.7 Å². The molecule has 0 radical (unpaired) electrons. The maximum Gasteiger partial charge on any atom is 0.127 e. The first kappa shape index (κ1) is 14.2. The van der Waals surface area contributed by atoms with Gasteiger partial charge in [0.2, 0.25) is 0 Å². The molecule has 96 valence electrons. The minimum atomic E-state index is -0.0898. The highest BCUT2D eigenvalue weighted by atomic mass is 19.1. The van der Waals surface area contributed by atoms with Gasteiger partial charge in [0.25, 0.3) is 0 Å². The van der Waals surface area contributed by atoms with Gasteiger partial charge in [0.05, 0.1) is 0 Å². The van der Waals surface area contributed by atoms with E-state index < -0.39 is 0 Å². The summed E-state index contributed by atoms with van der Waals surface area (Å²) >= 11 is 0. The molecule has 0 amide bonds. The Labute approximate surface area is 104 Å². The van der Waals surface area contributed by atoms with Crippen LogP contribution in [0.4, 0.5) is 4.39 Å². The van der Waals surface area contributed by atoms with E-state index in [1.165, 1.54) is 0 Å². The van der Waals surface area contributed by atoms with Gasteiger partial charge < -0.3 is 5.32 Å². The molecule has 1 unspecified atom stereocenters. The molecule has 0 saturated heterocycles. The van der Waals surface area contributed by atoms with Gasteiger partial charge in [-0.2, -0.15) is 0 Å². The number of hydrogen-bond donors (Lipinski definition) is 1. The third kappa shape index (κ3) is 3.81. The molecule has 1 N–H and O–H groups in total. The molecule has 1 aromatic rings. The molecule has 1 nitrogen and oxygen atoms in total. The van der Waals surface area contributed by atoms with Crippen LogP contribution in [0.1, 0.15) is 51.6 Å². The van der Waals surface area contributed by atoms with Gasteiger partial charge in [-0.1, -0.05) is 51.8 Å². The van der Waals surface area contributed by atoms with Crippen LogP contribution in [-0.4, -0.2) is 6.54 Å². The van der Waals surface area contributed by atoms with Gasteiger partial charge in [-0.25, -0.2) is 4.39 Å². The summed E-state index contributed by atoms with van der Waals surface area (Å²) in [6.07, 6.45) is 3.23. The normalized spacial score (nSPS) is 13.0. The standard InChI is InChI=1S/C15H24FN/c1-4-11-17-15(12(5-2)6-3)13-9-7-8-10-14(13)16/h7-10,12,15,17H,4-6,11H2,1-3H3. The van der Waals surface area contributed by atoms with E-state index in [4.69, 9.17) is 0 Å². The summed E-state index contributed by atoms with van der Waals surface area (Å²) in [5.74, 6) is 0.409. The second-order valence-electron chi connectivity index (χ2n) is 4.53. The highest BCUT2D eigenvalue weighted by Crippen LogP contribution is 2.28. The SMILES string of the molecule is CCCNC(c1ccccc1F)C(CC)CC. The molecule has 0 fully saturated rings. The van der Waals surface area contributed by atoms with Crippen molar-refractivity contribution in [3.63, 3.8) is 0 Å². The Morgan fingerprint density at radius 3 is 2.29 bits per heavy atom. The van der Waals surface area contributed by atoms with Crippen LogP contribution < -0.4 is 5.32 Å². The summed E-state index contributed by atoms with van der Waals surface area (Å²) < 4.78 is 13.9. The quantitative estimate of drug-likeness (QED) is 0.745. The van der Waals surface area contributed by atoms with E-state index in [1.54, 1.807) is 12.1 Å². The number of benzene rings is 1. The summed E-state index contributed by atoms with van der Waals surface area (Å²) in [6, 6.07) is 7.27. The maximum absolute atomic E-state index is 13.9. The average molecular weight is 237 g/mol. The predicted octanol–water partition coefficient (Wildman–Crippen LogP) is 4.30. The van der Waals surface area contributed by atoms with Gasteiger partial charge in [-0.05, 0) is 24.9 Å². The van der Waals surface area contributed by atoms with Crippen LogP contribution in [0.5, 0.6) is 0 Å². The Kier molecular flexibility index (Phi) is 6.20. The monoisotopic (exact) mass is 237 g/mol. The van der Waals surface area contributed by atoms with E-state index in [9.17, 15) is 4.39 Å². The van der Waals surface area contributed by atoms with Gasteiger partial charge >= 0.3 is 0 Å². The van der Waals surface area contributed by atoms with Gasteiger partial charge in [-0.3, -0.25) is 0 Å². The molecular weight excluding hydrogens is 213 g/mol. The molecule has 0 spiro atoms. The molecule has 0 bridgehead atoms. The number of rotatable bonds is 7. The number of halogens is 1.